The topological polar surface area (TPSA) is 105 Å². The lowest BCUT2D eigenvalue weighted by Crippen LogP contribution is -2.51. The lowest BCUT2D eigenvalue weighted by molar-refractivity contribution is -0.172. The molecule has 1 aromatic carbocycles. The van der Waals surface area contributed by atoms with E-state index in [9.17, 15) is 18.0 Å². The second-order valence-corrected chi connectivity index (χ2v) is 17.2. The molecule has 35 heavy (non-hydrogen) atoms. The number of rotatable bonds is 8. The second-order valence-electron chi connectivity index (χ2n) is 10.8. The Bertz CT molecular complexity index is 1100. The molecule has 8 nitrogen and oxygen atoms in total. The van der Waals surface area contributed by atoms with E-state index in [4.69, 9.17) is 18.1 Å². The van der Waals surface area contributed by atoms with Gasteiger partial charge in [0.1, 0.15) is 6.10 Å². The van der Waals surface area contributed by atoms with Crippen molar-refractivity contribution in [3.63, 3.8) is 0 Å². The van der Waals surface area contributed by atoms with E-state index < -0.39 is 48.2 Å². The number of carbonyl (C=O) groups excluding carboxylic acids is 2. The molecular formula is C25H36O8SSi. The summed E-state index contributed by atoms with van der Waals surface area (Å²) in [7, 11) is -6.14. The average Bonchev–Trinajstić information content (AvgIpc) is 2.96. The fraction of sp³-hybridized carbons (Fsp3) is 0.600. The number of fused-ring (bicyclic) bond motifs is 2. The van der Waals surface area contributed by atoms with Crippen molar-refractivity contribution in [2.75, 3.05) is 6.61 Å². The summed E-state index contributed by atoms with van der Waals surface area (Å²) in [5, 5.41) is -0.0840. The van der Waals surface area contributed by atoms with Gasteiger partial charge in [-0.1, -0.05) is 44.5 Å². The molecule has 0 N–H and O–H groups in total. The molecule has 194 valence electrons. The Morgan fingerprint density at radius 1 is 1.20 bits per heavy atom. The normalized spacial score (nSPS) is 26.0. The smallest absolute Gasteiger partial charge is 0.351 e. The molecule has 0 unspecified atom stereocenters. The van der Waals surface area contributed by atoms with Crippen molar-refractivity contribution in [2.45, 2.75) is 94.7 Å². The molecular weight excluding hydrogens is 488 g/mol. The van der Waals surface area contributed by atoms with Gasteiger partial charge in [0.15, 0.2) is 8.32 Å². The highest BCUT2D eigenvalue weighted by Crippen LogP contribution is 2.47. The van der Waals surface area contributed by atoms with Gasteiger partial charge in [-0.3, -0.25) is 8.98 Å². The molecule has 2 fully saturated rings. The molecule has 1 aromatic rings. The van der Waals surface area contributed by atoms with E-state index in [0.29, 0.717) is 0 Å². The van der Waals surface area contributed by atoms with Crippen molar-refractivity contribution in [3.8, 4) is 0 Å². The monoisotopic (exact) mass is 524 g/mol. The first-order valence-corrected chi connectivity index (χ1v) is 16.1. The maximum absolute atomic E-state index is 12.7. The first-order chi connectivity index (χ1) is 16.1. The van der Waals surface area contributed by atoms with Gasteiger partial charge in [0.05, 0.1) is 17.6 Å². The minimum Gasteiger partial charge on any atom is -0.455 e. The SMILES string of the molecule is CC(=O)O[C@@]12C[C@@H](OC1=O)C(=CCCOS(=O)(=O)c1ccc(C)cc1)[C@H](O[Si](C)(C)C(C)(C)C)C2. The number of hydrogen-bond donors (Lipinski definition) is 0. The Morgan fingerprint density at radius 3 is 2.40 bits per heavy atom. The Morgan fingerprint density at radius 2 is 1.83 bits per heavy atom. The molecule has 3 rings (SSSR count). The highest BCUT2D eigenvalue weighted by Gasteiger charge is 2.60. The van der Waals surface area contributed by atoms with Crippen LogP contribution in [0.2, 0.25) is 18.1 Å². The number of benzene rings is 1. The fourth-order valence-electron chi connectivity index (χ4n) is 4.10. The zero-order valence-electron chi connectivity index (χ0n) is 21.5. The largest absolute Gasteiger partial charge is 0.455 e. The van der Waals surface area contributed by atoms with Crippen molar-refractivity contribution in [1.29, 1.82) is 0 Å². The minimum absolute atomic E-state index is 0.0672. The van der Waals surface area contributed by atoms with Crippen LogP contribution in [-0.2, 0) is 37.8 Å². The molecule has 1 heterocycles. The van der Waals surface area contributed by atoms with E-state index >= 15 is 0 Å². The molecule has 2 bridgehead atoms. The third-order valence-electron chi connectivity index (χ3n) is 7.02. The van der Waals surface area contributed by atoms with Gasteiger partial charge >= 0.3 is 11.9 Å². The second kappa shape index (κ2) is 9.80. The Balaban J connectivity index is 1.80. The molecule has 1 aliphatic heterocycles. The Kier molecular flexibility index (Phi) is 7.72. The minimum atomic E-state index is -3.88. The average molecular weight is 525 g/mol. The molecule has 2 aliphatic rings. The highest BCUT2D eigenvalue weighted by molar-refractivity contribution is 7.86. The van der Waals surface area contributed by atoms with E-state index in [0.717, 1.165) is 11.1 Å². The lowest BCUT2D eigenvalue weighted by Gasteiger charge is -2.43. The summed E-state index contributed by atoms with van der Waals surface area (Å²) in [6.07, 6.45) is 1.42. The molecule has 1 saturated heterocycles. The van der Waals surface area contributed by atoms with Gasteiger partial charge in [-0.05, 0) is 49.2 Å². The highest BCUT2D eigenvalue weighted by atomic mass is 32.2. The molecule has 1 saturated carbocycles. The van der Waals surface area contributed by atoms with Gasteiger partial charge in [0.2, 0.25) is 5.60 Å². The van der Waals surface area contributed by atoms with Crippen LogP contribution in [-0.4, -0.2) is 53.1 Å². The van der Waals surface area contributed by atoms with Crippen molar-refractivity contribution in [3.05, 3.63) is 41.5 Å². The third-order valence-corrected chi connectivity index (χ3v) is 12.8. The first-order valence-electron chi connectivity index (χ1n) is 11.8. The summed E-state index contributed by atoms with van der Waals surface area (Å²) in [4.78, 5) is 24.6. The van der Waals surface area contributed by atoms with Crippen molar-refractivity contribution in [2.24, 2.45) is 0 Å². The third kappa shape index (κ3) is 6.04. The van der Waals surface area contributed by atoms with E-state index in [1.165, 1.54) is 19.1 Å². The van der Waals surface area contributed by atoms with Crippen LogP contribution in [0.5, 0.6) is 0 Å². The van der Waals surface area contributed by atoms with E-state index in [-0.39, 0.29) is 35.8 Å². The van der Waals surface area contributed by atoms with Gasteiger partial charge in [-0.15, -0.1) is 0 Å². The van der Waals surface area contributed by atoms with Gasteiger partial charge in [0.25, 0.3) is 10.1 Å². The van der Waals surface area contributed by atoms with Gasteiger partial charge in [-0.2, -0.15) is 8.42 Å². The van der Waals surface area contributed by atoms with E-state index in [1.807, 2.05) is 13.0 Å². The van der Waals surface area contributed by atoms with Crippen LogP contribution in [0.4, 0.5) is 0 Å². The summed E-state index contributed by atoms with van der Waals surface area (Å²) in [6, 6.07) is 6.46. The number of hydrogen-bond acceptors (Lipinski definition) is 8. The first kappa shape index (κ1) is 27.6. The van der Waals surface area contributed by atoms with Gasteiger partial charge in [-0.25, -0.2) is 4.79 Å². The Labute approximate surface area is 209 Å². The van der Waals surface area contributed by atoms with Crippen LogP contribution >= 0.6 is 0 Å². The van der Waals surface area contributed by atoms with Crippen LogP contribution < -0.4 is 0 Å². The molecule has 10 heteroatoms. The summed E-state index contributed by atoms with van der Waals surface area (Å²) in [5.74, 6) is -1.11. The predicted octanol–water partition coefficient (Wildman–Crippen LogP) is 4.43. The standard InChI is InChI=1S/C25H36O8SSi/c1-17-10-12-19(13-11-17)34(28,29)30-14-8-9-20-21-15-25(23(27)31-21,32-18(2)26)16-22(20)33-35(6,7)24(3,4)5/h9-13,21-22H,8,14-16H2,1-7H3/t21-,22-,25-/m1/s1. The van der Waals surface area contributed by atoms with Crippen molar-refractivity contribution < 1.29 is 36.1 Å². The van der Waals surface area contributed by atoms with Gasteiger partial charge in [0, 0.05) is 19.8 Å². The van der Waals surface area contributed by atoms with Crippen molar-refractivity contribution >= 4 is 30.4 Å². The van der Waals surface area contributed by atoms with Crippen LogP contribution in [0, 0.1) is 6.92 Å². The molecule has 1 aliphatic carbocycles. The van der Waals surface area contributed by atoms with Gasteiger partial charge < -0.3 is 13.9 Å². The molecule has 0 spiro atoms. The molecule has 0 radical (unpaired) electrons. The number of carbonyl (C=O) groups is 2. The fourth-order valence-corrected chi connectivity index (χ4v) is 6.31. The van der Waals surface area contributed by atoms with E-state index in [1.54, 1.807) is 12.1 Å². The maximum atomic E-state index is 12.7. The van der Waals surface area contributed by atoms with E-state index in [2.05, 4.69) is 33.9 Å². The summed E-state index contributed by atoms with van der Waals surface area (Å²) < 4.78 is 48.0. The summed E-state index contributed by atoms with van der Waals surface area (Å²) in [6.45, 7) is 13.7. The quantitative estimate of drug-likeness (QED) is 0.162. The number of aryl methyl sites for hydroxylation is 1. The zero-order chi connectivity index (χ0) is 26.2. The van der Waals surface area contributed by atoms with Crippen molar-refractivity contribution in [1.82, 2.24) is 0 Å². The van der Waals surface area contributed by atoms with Crippen LogP contribution in [0.1, 0.15) is 52.5 Å². The van der Waals surface area contributed by atoms with Crippen LogP contribution in [0.15, 0.2) is 40.8 Å². The molecule has 0 amide bonds. The number of esters is 2. The maximum Gasteiger partial charge on any atom is 0.351 e. The molecule has 3 atom stereocenters. The van der Waals surface area contributed by atoms with Crippen LogP contribution in [0.25, 0.3) is 0 Å². The summed E-state index contributed by atoms with van der Waals surface area (Å²) in [5.41, 5.74) is 0.362. The summed E-state index contributed by atoms with van der Waals surface area (Å²) >= 11 is 0. The lowest BCUT2D eigenvalue weighted by atomic mass is 9.80. The predicted molar refractivity (Wildman–Crippen MR) is 133 cm³/mol. The Hall–Kier alpha value is -2.01. The molecule has 0 aromatic heterocycles. The van der Waals surface area contributed by atoms with Crippen LogP contribution in [0.3, 0.4) is 0 Å². The number of ether oxygens (including phenoxy) is 2. The zero-order valence-corrected chi connectivity index (χ0v) is 23.4.